The van der Waals surface area contributed by atoms with Crippen LogP contribution in [0, 0.1) is 11.8 Å². The number of anilines is 1. The standard InChI is InChI=1S/C19H19N7O5/c1-20-18(29)15-13(27)14(28)19(31-15)26-9-22-12-16(25-30-2)23-11(24-17(12)26)7-6-10-5-3-4-8-21-10/h3-5,8-9,13-15,19,27-28H,1-2H3,(H,20,29)(H,23,24,25)/t13-,14+,15-,19+/m0/s1. The molecule has 1 amide bonds. The number of amides is 1. The lowest BCUT2D eigenvalue weighted by Gasteiger charge is -2.16. The maximum atomic E-state index is 12.0. The number of aliphatic hydroxyl groups excluding tert-OH is 2. The first-order valence-electron chi connectivity index (χ1n) is 9.23. The summed E-state index contributed by atoms with van der Waals surface area (Å²) >= 11 is 0. The van der Waals surface area contributed by atoms with Crippen molar-refractivity contribution in [1.29, 1.82) is 0 Å². The van der Waals surface area contributed by atoms with Crippen LogP contribution in [0.15, 0.2) is 30.7 Å². The third-order valence-electron chi connectivity index (χ3n) is 4.60. The number of ether oxygens (including phenoxy) is 1. The SMILES string of the molecule is CNC(=O)[C@H]1O[C@@H](n2cnc3c(NOC)nc(C#Cc4ccccn4)nc32)[C@H](O)[C@@H]1O. The van der Waals surface area contributed by atoms with E-state index >= 15 is 0 Å². The normalized spacial score (nSPS) is 22.7. The Labute approximate surface area is 176 Å². The zero-order chi connectivity index (χ0) is 22.0. The first-order valence-corrected chi connectivity index (χ1v) is 9.23. The van der Waals surface area contributed by atoms with E-state index in [1.807, 2.05) is 0 Å². The molecule has 31 heavy (non-hydrogen) atoms. The van der Waals surface area contributed by atoms with Gasteiger partial charge in [-0.05, 0) is 24.0 Å². The van der Waals surface area contributed by atoms with E-state index in [0.29, 0.717) is 11.2 Å². The van der Waals surface area contributed by atoms with E-state index in [9.17, 15) is 15.0 Å². The molecule has 0 bridgehead atoms. The number of likely N-dealkylation sites (N-methyl/N-ethyl adjacent to an activating group) is 1. The number of fused-ring (bicyclic) bond motifs is 1. The molecule has 0 spiro atoms. The van der Waals surface area contributed by atoms with E-state index in [2.05, 4.69) is 42.6 Å². The highest BCUT2D eigenvalue weighted by Crippen LogP contribution is 2.32. The molecule has 4 heterocycles. The quantitative estimate of drug-likeness (QED) is 0.301. The number of hydrogen-bond donors (Lipinski definition) is 4. The molecule has 0 aromatic carbocycles. The van der Waals surface area contributed by atoms with Crippen molar-refractivity contribution in [3.63, 3.8) is 0 Å². The van der Waals surface area contributed by atoms with E-state index in [1.54, 1.807) is 24.4 Å². The van der Waals surface area contributed by atoms with Gasteiger partial charge in [-0.1, -0.05) is 6.07 Å². The van der Waals surface area contributed by atoms with Gasteiger partial charge in [0.15, 0.2) is 29.3 Å². The molecule has 4 atom stereocenters. The lowest BCUT2D eigenvalue weighted by molar-refractivity contribution is -0.137. The smallest absolute Gasteiger partial charge is 0.251 e. The molecular weight excluding hydrogens is 406 g/mol. The minimum atomic E-state index is -1.43. The summed E-state index contributed by atoms with van der Waals surface area (Å²) in [6.07, 6.45) is -2.19. The Morgan fingerprint density at radius 2 is 2.06 bits per heavy atom. The molecule has 1 saturated heterocycles. The number of aliphatic hydroxyl groups is 2. The van der Waals surface area contributed by atoms with Crippen LogP contribution in [0.5, 0.6) is 0 Å². The maximum absolute atomic E-state index is 12.0. The Bertz CT molecular complexity index is 1160. The van der Waals surface area contributed by atoms with Crippen molar-refractivity contribution in [2.45, 2.75) is 24.5 Å². The molecule has 0 aliphatic carbocycles. The van der Waals surface area contributed by atoms with Crippen molar-refractivity contribution >= 4 is 22.9 Å². The molecule has 1 aliphatic heterocycles. The van der Waals surface area contributed by atoms with Crippen molar-refractivity contribution in [2.75, 3.05) is 19.6 Å². The van der Waals surface area contributed by atoms with E-state index in [4.69, 9.17) is 9.57 Å². The monoisotopic (exact) mass is 425 g/mol. The molecule has 4 N–H and O–H groups in total. The maximum Gasteiger partial charge on any atom is 0.251 e. The van der Waals surface area contributed by atoms with Gasteiger partial charge >= 0.3 is 0 Å². The van der Waals surface area contributed by atoms with Gasteiger partial charge in [-0.15, -0.1) is 0 Å². The van der Waals surface area contributed by atoms with Crippen molar-refractivity contribution in [3.05, 3.63) is 42.2 Å². The van der Waals surface area contributed by atoms with Crippen molar-refractivity contribution in [2.24, 2.45) is 0 Å². The second kappa shape index (κ2) is 8.62. The predicted octanol–water partition coefficient (Wildman–Crippen LogP) is -1.04. The van der Waals surface area contributed by atoms with Gasteiger partial charge in [0.1, 0.15) is 17.9 Å². The van der Waals surface area contributed by atoms with Crippen LogP contribution in [0.2, 0.25) is 0 Å². The van der Waals surface area contributed by atoms with Gasteiger partial charge in [-0.2, -0.15) is 4.98 Å². The van der Waals surface area contributed by atoms with Crippen molar-refractivity contribution in [1.82, 2.24) is 29.8 Å². The third-order valence-corrected chi connectivity index (χ3v) is 4.60. The predicted molar refractivity (Wildman–Crippen MR) is 106 cm³/mol. The zero-order valence-electron chi connectivity index (χ0n) is 16.6. The molecule has 0 unspecified atom stereocenters. The molecular formula is C19H19N7O5. The summed E-state index contributed by atoms with van der Waals surface area (Å²) in [6, 6.07) is 5.33. The van der Waals surface area contributed by atoms with E-state index in [0.717, 1.165) is 0 Å². The number of pyridine rings is 1. The van der Waals surface area contributed by atoms with Crippen LogP contribution < -0.4 is 10.8 Å². The number of hydrogen-bond acceptors (Lipinski definition) is 10. The van der Waals surface area contributed by atoms with Gasteiger partial charge in [-0.25, -0.2) is 20.4 Å². The molecule has 0 saturated carbocycles. The van der Waals surface area contributed by atoms with Gasteiger partial charge in [0.25, 0.3) is 5.91 Å². The minimum Gasteiger partial charge on any atom is -0.387 e. The van der Waals surface area contributed by atoms with Crippen LogP contribution in [0.3, 0.4) is 0 Å². The van der Waals surface area contributed by atoms with Gasteiger partial charge in [0.2, 0.25) is 5.82 Å². The van der Waals surface area contributed by atoms with Crippen molar-refractivity contribution < 1.29 is 24.6 Å². The van der Waals surface area contributed by atoms with Crippen LogP contribution in [0.4, 0.5) is 5.82 Å². The summed E-state index contributed by atoms with van der Waals surface area (Å²) in [5.74, 6) is 5.51. The van der Waals surface area contributed by atoms with E-state index < -0.39 is 30.4 Å². The fourth-order valence-corrected chi connectivity index (χ4v) is 3.13. The summed E-state index contributed by atoms with van der Waals surface area (Å²) in [4.78, 5) is 34.0. The van der Waals surface area contributed by atoms with Gasteiger partial charge < -0.3 is 20.3 Å². The third kappa shape index (κ3) is 3.90. The average Bonchev–Trinajstić information content (AvgIpc) is 3.34. The summed E-state index contributed by atoms with van der Waals surface area (Å²) < 4.78 is 7.02. The number of nitrogens with one attached hydrogen (secondary N) is 2. The highest BCUT2D eigenvalue weighted by molar-refractivity contribution is 5.83. The Morgan fingerprint density at radius 3 is 2.77 bits per heavy atom. The molecule has 1 fully saturated rings. The number of imidazole rings is 1. The summed E-state index contributed by atoms with van der Waals surface area (Å²) in [6.45, 7) is 0. The van der Waals surface area contributed by atoms with Crippen LogP contribution in [-0.2, 0) is 14.4 Å². The molecule has 1 aliphatic rings. The minimum absolute atomic E-state index is 0.135. The molecule has 3 aromatic heterocycles. The fraction of sp³-hybridized carbons (Fsp3) is 0.316. The number of carbonyl (C=O) groups is 1. The number of nitrogens with zero attached hydrogens (tertiary/aromatic N) is 5. The lowest BCUT2D eigenvalue weighted by atomic mass is 10.1. The Hall–Kier alpha value is -3.63. The molecule has 3 aromatic rings. The van der Waals surface area contributed by atoms with Gasteiger partial charge in [0, 0.05) is 13.2 Å². The highest BCUT2D eigenvalue weighted by Gasteiger charge is 2.47. The molecule has 0 radical (unpaired) electrons. The Kier molecular flexibility index (Phi) is 5.74. The van der Waals surface area contributed by atoms with Crippen LogP contribution >= 0.6 is 0 Å². The van der Waals surface area contributed by atoms with E-state index in [-0.39, 0.29) is 17.3 Å². The number of aromatic nitrogens is 5. The van der Waals surface area contributed by atoms with Crippen LogP contribution in [-0.4, -0.2) is 73.1 Å². The first kappa shape index (κ1) is 20.6. The molecule has 4 rings (SSSR count). The zero-order valence-corrected chi connectivity index (χ0v) is 16.6. The second-order valence-electron chi connectivity index (χ2n) is 6.53. The first-order chi connectivity index (χ1) is 15.0. The summed E-state index contributed by atoms with van der Waals surface area (Å²) in [7, 11) is 2.82. The number of rotatable bonds is 4. The highest BCUT2D eigenvalue weighted by atomic mass is 16.6. The summed E-state index contributed by atoms with van der Waals surface area (Å²) in [5, 5.41) is 23.1. The number of carbonyl (C=O) groups excluding carboxylic acids is 1. The van der Waals surface area contributed by atoms with Crippen molar-refractivity contribution in [3.8, 4) is 11.8 Å². The van der Waals surface area contributed by atoms with E-state index in [1.165, 1.54) is 25.1 Å². The fourth-order valence-electron chi connectivity index (χ4n) is 3.13. The summed E-state index contributed by atoms with van der Waals surface area (Å²) in [5.41, 5.74) is 3.73. The molecule has 12 heteroatoms. The average molecular weight is 425 g/mol. The second-order valence-corrected chi connectivity index (χ2v) is 6.53. The Morgan fingerprint density at radius 1 is 1.23 bits per heavy atom. The van der Waals surface area contributed by atoms with Crippen LogP contribution in [0.1, 0.15) is 17.7 Å². The Balaban J connectivity index is 1.76. The largest absolute Gasteiger partial charge is 0.387 e. The van der Waals surface area contributed by atoms with Gasteiger partial charge in [0.05, 0.1) is 13.4 Å². The van der Waals surface area contributed by atoms with Crippen LogP contribution in [0.25, 0.3) is 11.2 Å². The molecule has 160 valence electrons. The van der Waals surface area contributed by atoms with Gasteiger partial charge in [-0.3, -0.25) is 14.2 Å². The lowest BCUT2D eigenvalue weighted by Crippen LogP contribution is -2.41. The topological polar surface area (TPSA) is 157 Å². The molecule has 12 nitrogen and oxygen atoms in total.